The lowest BCUT2D eigenvalue weighted by atomic mass is 10.3. The lowest BCUT2D eigenvalue weighted by Crippen LogP contribution is -2.15. The van der Waals surface area contributed by atoms with Crippen molar-refractivity contribution in [3.63, 3.8) is 0 Å². The van der Waals surface area contributed by atoms with Crippen LogP contribution in [0.4, 0.5) is 9.52 Å². The minimum absolute atomic E-state index is 0.274. The third kappa shape index (κ3) is 5.20. The summed E-state index contributed by atoms with van der Waals surface area (Å²) in [4.78, 5) is 27.3. The quantitative estimate of drug-likeness (QED) is 0.419. The Balaban J connectivity index is 1.65. The van der Waals surface area contributed by atoms with E-state index < -0.39 is 0 Å². The number of rotatable bonds is 6. The van der Waals surface area contributed by atoms with Gasteiger partial charge in [-0.2, -0.15) is 0 Å². The Bertz CT molecular complexity index is 1110. The topological polar surface area (TPSA) is 67.8 Å². The molecule has 1 aromatic carbocycles. The lowest BCUT2D eigenvalue weighted by molar-refractivity contribution is 0.101. The Kier molecular flexibility index (Phi) is 6.18. The maximum absolute atomic E-state index is 13.2. The number of nitrogens with one attached hydrogen (secondary N) is 1. The van der Waals surface area contributed by atoms with Gasteiger partial charge in [0.05, 0.1) is 0 Å². The molecule has 4 aromatic rings. The van der Waals surface area contributed by atoms with E-state index in [1.165, 1.54) is 47.0 Å². The van der Waals surface area contributed by atoms with Crippen LogP contribution in [0.3, 0.4) is 0 Å². The van der Waals surface area contributed by atoms with Crippen molar-refractivity contribution in [2.75, 3.05) is 5.32 Å². The minimum Gasteiger partial charge on any atom is -0.296 e. The molecule has 0 radical (unpaired) electrons. The standard InChI is InChI=1S/C20H13FN4OS3/c21-13-4-6-14(7-5-13)28-15-8-9-17(29-16-3-1-2-10-22-16)24-18(15)19(26)25-20-23-11-12-27-20/h1-12H,(H,23,25,26). The van der Waals surface area contributed by atoms with Crippen molar-refractivity contribution in [3.8, 4) is 0 Å². The average molecular weight is 441 g/mol. The summed E-state index contributed by atoms with van der Waals surface area (Å²) in [6.07, 6.45) is 3.33. The minimum atomic E-state index is -0.354. The van der Waals surface area contributed by atoms with E-state index in [-0.39, 0.29) is 17.4 Å². The molecular weight excluding hydrogens is 427 g/mol. The van der Waals surface area contributed by atoms with Crippen molar-refractivity contribution in [1.29, 1.82) is 0 Å². The fourth-order valence-corrected chi connectivity index (χ4v) is 4.48. The molecule has 0 aliphatic heterocycles. The van der Waals surface area contributed by atoms with Gasteiger partial charge in [-0.3, -0.25) is 10.1 Å². The molecule has 0 unspecified atom stereocenters. The number of pyridine rings is 2. The van der Waals surface area contributed by atoms with Gasteiger partial charge in [0.15, 0.2) is 5.13 Å². The van der Waals surface area contributed by atoms with Gasteiger partial charge >= 0.3 is 0 Å². The monoisotopic (exact) mass is 440 g/mol. The second kappa shape index (κ2) is 9.17. The smallest absolute Gasteiger partial charge is 0.277 e. The van der Waals surface area contributed by atoms with Crippen LogP contribution >= 0.6 is 34.9 Å². The zero-order chi connectivity index (χ0) is 20.1. The van der Waals surface area contributed by atoms with Crippen molar-refractivity contribution in [1.82, 2.24) is 15.0 Å². The van der Waals surface area contributed by atoms with Gasteiger partial charge in [0.25, 0.3) is 5.91 Å². The first-order valence-corrected chi connectivity index (χ1v) is 10.9. The highest BCUT2D eigenvalue weighted by Crippen LogP contribution is 2.33. The van der Waals surface area contributed by atoms with Crippen LogP contribution in [-0.2, 0) is 0 Å². The van der Waals surface area contributed by atoms with Crippen LogP contribution in [0.1, 0.15) is 10.5 Å². The zero-order valence-corrected chi connectivity index (χ0v) is 17.2. The van der Waals surface area contributed by atoms with E-state index in [1.807, 2.05) is 30.3 Å². The SMILES string of the molecule is O=C(Nc1nccs1)c1nc(Sc2ccccn2)ccc1Sc1ccc(F)cc1. The Labute approximate surface area is 178 Å². The predicted octanol–water partition coefficient (Wildman–Crippen LogP) is 5.63. The van der Waals surface area contributed by atoms with Crippen LogP contribution in [0.15, 0.2) is 92.2 Å². The van der Waals surface area contributed by atoms with E-state index in [0.717, 1.165) is 9.92 Å². The summed E-state index contributed by atoms with van der Waals surface area (Å²) >= 11 is 4.05. The third-order valence-corrected chi connectivity index (χ3v) is 6.22. The van der Waals surface area contributed by atoms with Crippen molar-refractivity contribution >= 4 is 45.9 Å². The fourth-order valence-electron chi connectivity index (χ4n) is 2.32. The second-order valence-electron chi connectivity index (χ2n) is 5.61. The van der Waals surface area contributed by atoms with Gasteiger partial charge in [-0.15, -0.1) is 11.3 Å². The highest BCUT2D eigenvalue weighted by Gasteiger charge is 2.17. The summed E-state index contributed by atoms with van der Waals surface area (Å²) in [6.45, 7) is 0. The molecule has 4 rings (SSSR count). The largest absolute Gasteiger partial charge is 0.296 e. The zero-order valence-electron chi connectivity index (χ0n) is 14.8. The maximum atomic E-state index is 13.2. The van der Waals surface area contributed by atoms with E-state index in [2.05, 4.69) is 20.3 Å². The summed E-state index contributed by atoms with van der Waals surface area (Å²) in [5, 5.41) is 6.48. The van der Waals surface area contributed by atoms with Gasteiger partial charge < -0.3 is 0 Å². The van der Waals surface area contributed by atoms with Crippen LogP contribution in [0, 0.1) is 5.82 Å². The van der Waals surface area contributed by atoms with Crippen molar-refractivity contribution in [3.05, 3.63) is 83.9 Å². The van der Waals surface area contributed by atoms with E-state index in [1.54, 1.807) is 29.9 Å². The molecule has 29 heavy (non-hydrogen) atoms. The number of amides is 1. The molecule has 9 heteroatoms. The lowest BCUT2D eigenvalue weighted by Gasteiger charge is -2.10. The number of hydrogen-bond acceptors (Lipinski definition) is 7. The number of thiazole rings is 1. The molecule has 1 N–H and O–H groups in total. The Morgan fingerprint density at radius 3 is 2.52 bits per heavy atom. The predicted molar refractivity (Wildman–Crippen MR) is 113 cm³/mol. The molecule has 3 aromatic heterocycles. The number of carbonyl (C=O) groups is 1. The normalized spacial score (nSPS) is 10.7. The highest BCUT2D eigenvalue weighted by atomic mass is 32.2. The maximum Gasteiger partial charge on any atom is 0.277 e. The molecule has 0 atom stereocenters. The molecule has 144 valence electrons. The summed E-state index contributed by atoms with van der Waals surface area (Å²) in [5.41, 5.74) is 0.274. The molecular formula is C20H13FN4OS3. The molecule has 0 bridgehead atoms. The van der Waals surface area contributed by atoms with Gasteiger partial charge in [0.2, 0.25) is 0 Å². The summed E-state index contributed by atoms with van der Waals surface area (Å²) in [6, 6.07) is 15.4. The highest BCUT2D eigenvalue weighted by molar-refractivity contribution is 7.99. The van der Waals surface area contributed by atoms with Gasteiger partial charge in [0.1, 0.15) is 21.6 Å². The van der Waals surface area contributed by atoms with E-state index in [9.17, 15) is 9.18 Å². The number of nitrogens with zero attached hydrogens (tertiary/aromatic N) is 3. The van der Waals surface area contributed by atoms with Gasteiger partial charge in [-0.25, -0.2) is 19.3 Å². The first kappa shape index (κ1) is 19.6. The second-order valence-corrected chi connectivity index (χ2v) is 8.66. The molecule has 0 saturated heterocycles. The van der Waals surface area contributed by atoms with Gasteiger partial charge in [0, 0.05) is 27.6 Å². The number of hydrogen-bond donors (Lipinski definition) is 1. The Morgan fingerprint density at radius 1 is 0.931 bits per heavy atom. The number of benzene rings is 1. The van der Waals surface area contributed by atoms with E-state index >= 15 is 0 Å². The van der Waals surface area contributed by atoms with E-state index in [0.29, 0.717) is 15.1 Å². The molecule has 0 aliphatic rings. The van der Waals surface area contributed by atoms with Crippen LogP contribution in [-0.4, -0.2) is 20.9 Å². The van der Waals surface area contributed by atoms with E-state index in [4.69, 9.17) is 0 Å². The molecule has 5 nitrogen and oxygen atoms in total. The van der Waals surface area contributed by atoms with Crippen LogP contribution in [0.25, 0.3) is 0 Å². The first-order chi connectivity index (χ1) is 14.2. The third-order valence-electron chi connectivity index (χ3n) is 3.59. The molecule has 0 fully saturated rings. The molecule has 0 spiro atoms. The summed E-state index contributed by atoms with van der Waals surface area (Å²) in [7, 11) is 0. The number of anilines is 1. The summed E-state index contributed by atoms with van der Waals surface area (Å²) < 4.78 is 13.2. The molecule has 0 aliphatic carbocycles. The van der Waals surface area contributed by atoms with Crippen molar-refractivity contribution in [2.45, 2.75) is 19.8 Å². The van der Waals surface area contributed by atoms with Crippen LogP contribution < -0.4 is 5.32 Å². The summed E-state index contributed by atoms with van der Waals surface area (Å²) in [5.74, 6) is -0.663. The van der Waals surface area contributed by atoms with Gasteiger partial charge in [-0.1, -0.05) is 29.6 Å². The Hall–Kier alpha value is -2.75. The van der Waals surface area contributed by atoms with Crippen LogP contribution in [0.5, 0.6) is 0 Å². The van der Waals surface area contributed by atoms with Crippen LogP contribution in [0.2, 0.25) is 0 Å². The molecule has 0 saturated carbocycles. The Morgan fingerprint density at radius 2 is 1.79 bits per heavy atom. The number of halogens is 1. The molecule has 3 heterocycles. The van der Waals surface area contributed by atoms with Gasteiger partial charge in [-0.05, 0) is 48.5 Å². The fraction of sp³-hybridized carbons (Fsp3) is 0. The van der Waals surface area contributed by atoms with Crippen molar-refractivity contribution < 1.29 is 9.18 Å². The molecule has 1 amide bonds. The van der Waals surface area contributed by atoms with Crippen molar-refractivity contribution in [2.24, 2.45) is 0 Å². The first-order valence-electron chi connectivity index (χ1n) is 8.41. The number of aromatic nitrogens is 3. The number of carbonyl (C=O) groups excluding carboxylic acids is 1. The average Bonchev–Trinajstić information content (AvgIpc) is 3.24.